The molecule has 6 nitrogen and oxygen atoms in total. The molecule has 2 aliphatic heterocycles. The molecule has 2 aromatic heterocycles. The number of hydrogen-bond donors (Lipinski definition) is 3. The molecule has 2 atom stereocenters. The zero-order valence-electron chi connectivity index (χ0n) is 11.9. The van der Waals surface area contributed by atoms with Gasteiger partial charge in [0.1, 0.15) is 10.6 Å². The monoisotopic (exact) mass is 304 g/mol. The lowest BCUT2D eigenvalue weighted by Gasteiger charge is -2.35. The van der Waals surface area contributed by atoms with Crippen LogP contribution in [0, 0.1) is 0 Å². The number of aromatic nitrogens is 2. The first-order valence-corrected chi connectivity index (χ1v) is 8.44. The second kappa shape index (κ2) is 5.40. The number of anilines is 2. The molecule has 2 aromatic rings. The maximum Gasteiger partial charge on any atom is 0.240 e. The van der Waals surface area contributed by atoms with Crippen LogP contribution >= 0.6 is 11.3 Å². The second-order valence-corrected chi connectivity index (χ2v) is 6.77. The van der Waals surface area contributed by atoms with E-state index in [-0.39, 0.29) is 0 Å². The minimum Gasteiger partial charge on any atom is -0.367 e. The Morgan fingerprint density at radius 2 is 2.24 bits per heavy atom. The molecule has 0 aliphatic carbocycles. The van der Waals surface area contributed by atoms with Gasteiger partial charge >= 0.3 is 0 Å². The molecule has 0 amide bonds. The molecule has 0 spiro atoms. The number of hydrogen-bond acceptors (Lipinski definition) is 7. The SMILES string of the molecule is NNc1nc(NC2CCN3CCCC3C2)c2ccsc2n1. The van der Waals surface area contributed by atoms with Crippen LogP contribution in [-0.2, 0) is 0 Å². The van der Waals surface area contributed by atoms with Gasteiger partial charge in [-0.1, -0.05) is 0 Å². The largest absolute Gasteiger partial charge is 0.367 e. The Morgan fingerprint density at radius 1 is 1.29 bits per heavy atom. The molecule has 2 unspecified atom stereocenters. The zero-order valence-corrected chi connectivity index (χ0v) is 12.7. The Bertz CT molecular complexity index is 641. The third kappa shape index (κ3) is 2.45. The molecule has 2 aliphatic rings. The van der Waals surface area contributed by atoms with Gasteiger partial charge in [0.2, 0.25) is 5.95 Å². The van der Waals surface area contributed by atoms with Gasteiger partial charge in [-0.15, -0.1) is 11.3 Å². The van der Waals surface area contributed by atoms with Crippen LogP contribution < -0.4 is 16.6 Å². The van der Waals surface area contributed by atoms with Crippen LogP contribution in [0.2, 0.25) is 0 Å². The standard InChI is InChI=1S/C14H20N6S/c15-19-14-17-12(11-4-7-21-13(11)18-14)16-9-3-6-20-5-1-2-10(20)8-9/h4,7,9-10H,1-3,5-6,8,15H2,(H2,16,17,18,19). The van der Waals surface area contributed by atoms with E-state index < -0.39 is 0 Å². The van der Waals surface area contributed by atoms with Crippen molar-refractivity contribution in [3.63, 3.8) is 0 Å². The van der Waals surface area contributed by atoms with E-state index in [0.29, 0.717) is 12.0 Å². The first-order chi connectivity index (χ1) is 10.3. The van der Waals surface area contributed by atoms with Crippen molar-refractivity contribution in [3.05, 3.63) is 11.4 Å². The fourth-order valence-corrected chi connectivity index (χ4v) is 4.34. The van der Waals surface area contributed by atoms with Crippen LogP contribution in [0.1, 0.15) is 25.7 Å². The summed E-state index contributed by atoms with van der Waals surface area (Å²) in [5.41, 5.74) is 2.56. The van der Waals surface area contributed by atoms with Crippen molar-refractivity contribution in [2.45, 2.75) is 37.8 Å². The molecule has 112 valence electrons. The lowest BCUT2D eigenvalue weighted by molar-refractivity contribution is 0.188. The van der Waals surface area contributed by atoms with Gasteiger partial charge in [-0.25, -0.2) is 10.8 Å². The van der Waals surface area contributed by atoms with Gasteiger partial charge in [-0.2, -0.15) is 4.98 Å². The van der Waals surface area contributed by atoms with E-state index in [4.69, 9.17) is 5.84 Å². The second-order valence-electron chi connectivity index (χ2n) is 5.88. The number of nitrogens with two attached hydrogens (primary N) is 1. The molecular weight excluding hydrogens is 284 g/mol. The van der Waals surface area contributed by atoms with Crippen molar-refractivity contribution in [2.75, 3.05) is 23.8 Å². The summed E-state index contributed by atoms with van der Waals surface area (Å²) in [5.74, 6) is 6.86. The average molecular weight is 304 g/mol. The molecule has 0 aromatic carbocycles. The number of thiophene rings is 1. The van der Waals surface area contributed by atoms with Gasteiger partial charge in [-0.3, -0.25) is 5.43 Å². The first kappa shape index (κ1) is 13.2. The van der Waals surface area contributed by atoms with Gasteiger partial charge in [0.05, 0.1) is 5.39 Å². The molecule has 2 saturated heterocycles. The van der Waals surface area contributed by atoms with Crippen molar-refractivity contribution >= 4 is 33.3 Å². The van der Waals surface area contributed by atoms with Crippen molar-refractivity contribution < 1.29 is 0 Å². The predicted octanol–water partition coefficient (Wildman–Crippen LogP) is 2.02. The smallest absolute Gasteiger partial charge is 0.240 e. The molecular formula is C14H20N6S. The summed E-state index contributed by atoms with van der Waals surface area (Å²) in [6.45, 7) is 2.48. The highest BCUT2D eigenvalue weighted by Crippen LogP contribution is 2.31. The van der Waals surface area contributed by atoms with Crippen LogP contribution in [0.4, 0.5) is 11.8 Å². The Hall–Kier alpha value is -1.44. The minimum atomic E-state index is 0.478. The van der Waals surface area contributed by atoms with Crippen molar-refractivity contribution in [1.82, 2.24) is 14.9 Å². The third-order valence-corrected chi connectivity index (χ3v) is 5.42. The van der Waals surface area contributed by atoms with E-state index in [1.165, 1.54) is 38.8 Å². The average Bonchev–Trinajstić information content (AvgIpc) is 3.14. The fourth-order valence-electron chi connectivity index (χ4n) is 3.58. The number of nitrogen functional groups attached to an aromatic ring is 1. The summed E-state index contributed by atoms with van der Waals surface area (Å²) >= 11 is 1.61. The van der Waals surface area contributed by atoms with E-state index in [0.717, 1.165) is 22.1 Å². The molecule has 4 rings (SSSR count). The van der Waals surface area contributed by atoms with Gasteiger partial charge in [0.25, 0.3) is 0 Å². The van der Waals surface area contributed by atoms with E-state index in [9.17, 15) is 0 Å². The molecule has 2 fully saturated rings. The van der Waals surface area contributed by atoms with Crippen LogP contribution in [0.25, 0.3) is 10.2 Å². The Kier molecular flexibility index (Phi) is 3.40. The van der Waals surface area contributed by atoms with Crippen molar-refractivity contribution in [2.24, 2.45) is 5.84 Å². The zero-order chi connectivity index (χ0) is 14.2. The van der Waals surface area contributed by atoms with E-state index in [1.807, 2.05) is 5.38 Å². The summed E-state index contributed by atoms with van der Waals surface area (Å²) in [4.78, 5) is 12.5. The molecule has 0 radical (unpaired) electrons. The molecule has 21 heavy (non-hydrogen) atoms. The number of rotatable bonds is 3. The molecule has 4 N–H and O–H groups in total. The Balaban J connectivity index is 1.57. The van der Waals surface area contributed by atoms with Gasteiger partial charge in [0, 0.05) is 18.6 Å². The maximum absolute atomic E-state index is 5.48. The highest BCUT2D eigenvalue weighted by atomic mass is 32.1. The van der Waals surface area contributed by atoms with Crippen molar-refractivity contribution in [3.8, 4) is 0 Å². The number of nitrogens with one attached hydrogen (secondary N) is 2. The maximum atomic E-state index is 5.48. The highest BCUT2D eigenvalue weighted by Gasteiger charge is 2.31. The van der Waals surface area contributed by atoms with Gasteiger partial charge in [-0.05, 0) is 43.7 Å². The predicted molar refractivity (Wildman–Crippen MR) is 86.5 cm³/mol. The van der Waals surface area contributed by atoms with Gasteiger partial charge < -0.3 is 10.2 Å². The summed E-state index contributed by atoms with van der Waals surface area (Å²) in [6.07, 6.45) is 5.07. The van der Waals surface area contributed by atoms with Gasteiger partial charge in [0.15, 0.2) is 0 Å². The number of fused-ring (bicyclic) bond motifs is 2. The van der Waals surface area contributed by atoms with Crippen LogP contribution in [0.15, 0.2) is 11.4 Å². The quantitative estimate of drug-likeness (QED) is 0.595. The van der Waals surface area contributed by atoms with Crippen molar-refractivity contribution in [1.29, 1.82) is 0 Å². The van der Waals surface area contributed by atoms with Crippen LogP contribution in [0.5, 0.6) is 0 Å². The fraction of sp³-hybridized carbons (Fsp3) is 0.571. The molecule has 7 heteroatoms. The number of hydrazine groups is 1. The third-order valence-electron chi connectivity index (χ3n) is 4.62. The lowest BCUT2D eigenvalue weighted by atomic mass is 9.97. The van der Waals surface area contributed by atoms with Crippen LogP contribution in [-0.4, -0.2) is 40.0 Å². The lowest BCUT2D eigenvalue weighted by Crippen LogP contribution is -2.42. The van der Waals surface area contributed by atoms with E-state index >= 15 is 0 Å². The van der Waals surface area contributed by atoms with Crippen LogP contribution in [0.3, 0.4) is 0 Å². The summed E-state index contributed by atoms with van der Waals surface area (Å²) in [5, 5.41) is 6.77. The summed E-state index contributed by atoms with van der Waals surface area (Å²) < 4.78 is 0. The Labute approximate surface area is 127 Å². The molecule has 0 saturated carbocycles. The number of piperidine rings is 1. The molecule has 4 heterocycles. The normalized spacial score (nSPS) is 26.0. The molecule has 0 bridgehead atoms. The topological polar surface area (TPSA) is 79.1 Å². The van der Waals surface area contributed by atoms with E-state index in [1.54, 1.807) is 11.3 Å². The Morgan fingerprint density at radius 3 is 3.14 bits per heavy atom. The summed E-state index contributed by atoms with van der Waals surface area (Å²) in [6, 6.07) is 3.32. The number of nitrogens with zero attached hydrogens (tertiary/aromatic N) is 3. The minimum absolute atomic E-state index is 0.478. The first-order valence-electron chi connectivity index (χ1n) is 7.56. The van der Waals surface area contributed by atoms with E-state index in [2.05, 4.69) is 31.7 Å². The highest BCUT2D eigenvalue weighted by molar-refractivity contribution is 7.16. The summed E-state index contributed by atoms with van der Waals surface area (Å²) in [7, 11) is 0.